The molecule has 2 aromatic carbocycles. The Morgan fingerprint density at radius 1 is 1.18 bits per heavy atom. The Kier molecular flexibility index (Phi) is 7.47. The number of carbonyl (C=O) groups is 1. The van der Waals surface area contributed by atoms with Crippen molar-refractivity contribution in [1.29, 1.82) is 5.41 Å². The van der Waals surface area contributed by atoms with E-state index in [4.69, 9.17) is 20.9 Å². The van der Waals surface area contributed by atoms with E-state index in [-0.39, 0.29) is 17.8 Å². The summed E-state index contributed by atoms with van der Waals surface area (Å²) in [5, 5.41) is 7.44. The standard InChI is InChI=1S/C31H37N7O2/c1-31(2,3)40-30(39)38-14-12-21(13-15-38)24-18-23(28(36-24)29(33)34-19-32)22-10-11-26-25(17-22)35-27(37(26)4)16-20-8-6-5-7-9-20/h5-11,17-19,21,36H,12-16H2,1-4H3,(H3,32,33,34). The average Bonchev–Trinajstić information content (AvgIpc) is 3.50. The fourth-order valence-corrected chi connectivity index (χ4v) is 5.31. The number of hydrogen-bond acceptors (Lipinski definition) is 4. The normalized spacial score (nSPS) is 15.0. The van der Waals surface area contributed by atoms with Gasteiger partial charge in [0.1, 0.15) is 23.6 Å². The third-order valence-corrected chi connectivity index (χ3v) is 7.37. The highest BCUT2D eigenvalue weighted by Crippen LogP contribution is 2.34. The summed E-state index contributed by atoms with van der Waals surface area (Å²) in [5.74, 6) is 1.48. The van der Waals surface area contributed by atoms with E-state index in [9.17, 15) is 4.79 Å². The quantitative estimate of drug-likeness (QED) is 0.218. The van der Waals surface area contributed by atoms with Gasteiger partial charge in [0, 0.05) is 43.7 Å². The van der Waals surface area contributed by atoms with Gasteiger partial charge in [-0.15, -0.1) is 0 Å². The number of amidine groups is 1. The summed E-state index contributed by atoms with van der Waals surface area (Å²) in [6.45, 7) is 6.89. The van der Waals surface area contributed by atoms with Crippen molar-refractivity contribution in [2.24, 2.45) is 17.8 Å². The van der Waals surface area contributed by atoms with Crippen LogP contribution in [0.2, 0.25) is 0 Å². The molecule has 4 N–H and O–H groups in total. The van der Waals surface area contributed by atoms with Gasteiger partial charge in [-0.2, -0.15) is 0 Å². The van der Waals surface area contributed by atoms with Gasteiger partial charge in [-0.05, 0) is 62.9 Å². The number of nitrogens with one attached hydrogen (secondary N) is 2. The predicted octanol–water partition coefficient (Wildman–Crippen LogP) is 5.59. The van der Waals surface area contributed by atoms with Gasteiger partial charge in [0.25, 0.3) is 0 Å². The van der Waals surface area contributed by atoms with E-state index in [0.717, 1.165) is 59.3 Å². The van der Waals surface area contributed by atoms with E-state index < -0.39 is 5.60 Å². The molecule has 1 aliphatic rings. The number of ether oxygens (including phenoxy) is 1. The van der Waals surface area contributed by atoms with Gasteiger partial charge in [-0.1, -0.05) is 36.4 Å². The lowest BCUT2D eigenvalue weighted by Crippen LogP contribution is -2.41. The van der Waals surface area contributed by atoms with Crippen LogP contribution in [0.25, 0.3) is 22.2 Å². The van der Waals surface area contributed by atoms with Crippen LogP contribution in [0.5, 0.6) is 0 Å². The van der Waals surface area contributed by atoms with E-state index in [2.05, 4.69) is 50.9 Å². The van der Waals surface area contributed by atoms with Crippen LogP contribution in [0.3, 0.4) is 0 Å². The molecule has 5 rings (SSSR count). The second-order valence-electron chi connectivity index (χ2n) is 11.4. The molecule has 4 aromatic rings. The first kappa shape index (κ1) is 27.2. The molecule has 1 aliphatic heterocycles. The molecular weight excluding hydrogens is 502 g/mol. The number of nitrogens with two attached hydrogens (primary N) is 1. The Morgan fingerprint density at radius 3 is 2.58 bits per heavy atom. The maximum absolute atomic E-state index is 12.5. The van der Waals surface area contributed by atoms with Crippen molar-refractivity contribution in [3.05, 3.63) is 77.4 Å². The lowest BCUT2D eigenvalue weighted by molar-refractivity contribution is 0.0204. The van der Waals surface area contributed by atoms with Crippen LogP contribution in [-0.2, 0) is 18.2 Å². The highest BCUT2D eigenvalue weighted by atomic mass is 16.6. The van der Waals surface area contributed by atoms with Crippen molar-refractivity contribution in [3.63, 3.8) is 0 Å². The van der Waals surface area contributed by atoms with E-state index in [1.807, 2.05) is 46.0 Å². The molecule has 0 spiro atoms. The maximum Gasteiger partial charge on any atom is 0.410 e. The van der Waals surface area contributed by atoms with Crippen LogP contribution in [0.15, 0.2) is 59.6 Å². The fraction of sp³-hybridized carbons (Fsp3) is 0.355. The molecule has 0 bridgehead atoms. The molecule has 0 saturated carbocycles. The topological polar surface area (TPSA) is 125 Å². The van der Waals surface area contributed by atoms with Crippen LogP contribution < -0.4 is 5.73 Å². The number of fused-ring (bicyclic) bond motifs is 1. The Labute approximate surface area is 234 Å². The molecule has 208 valence electrons. The number of piperidine rings is 1. The molecule has 9 nitrogen and oxygen atoms in total. The second-order valence-corrected chi connectivity index (χ2v) is 11.4. The number of amides is 1. The van der Waals surface area contributed by atoms with Gasteiger partial charge in [-0.25, -0.2) is 14.8 Å². The van der Waals surface area contributed by atoms with Crippen LogP contribution in [0.4, 0.5) is 4.79 Å². The van der Waals surface area contributed by atoms with E-state index in [1.54, 1.807) is 4.90 Å². The molecule has 3 heterocycles. The van der Waals surface area contributed by atoms with E-state index in [0.29, 0.717) is 18.8 Å². The SMILES string of the molecule is Cn1c(Cc2ccccc2)nc2cc(-c3cc(C4CCN(C(=O)OC(C)(C)C)CC4)[nH]c3C(N)=NC=N)ccc21. The highest BCUT2D eigenvalue weighted by molar-refractivity contribution is 6.05. The number of aromatic amines is 1. The molecule has 0 aliphatic carbocycles. The molecule has 1 saturated heterocycles. The molecule has 1 fully saturated rings. The zero-order valence-corrected chi connectivity index (χ0v) is 23.6. The van der Waals surface area contributed by atoms with E-state index >= 15 is 0 Å². The van der Waals surface area contributed by atoms with Crippen LogP contribution in [0.1, 0.15) is 62.3 Å². The Bertz CT molecular complexity index is 1550. The van der Waals surface area contributed by atoms with Gasteiger partial charge in [0.2, 0.25) is 0 Å². The minimum absolute atomic E-state index is 0.232. The summed E-state index contributed by atoms with van der Waals surface area (Å²) in [7, 11) is 2.05. The summed E-state index contributed by atoms with van der Waals surface area (Å²) in [6.07, 6.45) is 3.06. The smallest absolute Gasteiger partial charge is 0.410 e. The predicted molar refractivity (Wildman–Crippen MR) is 159 cm³/mol. The lowest BCUT2D eigenvalue weighted by Gasteiger charge is -2.33. The molecule has 1 amide bonds. The minimum atomic E-state index is -0.514. The third-order valence-electron chi connectivity index (χ3n) is 7.37. The molecular formula is C31H37N7O2. The molecule has 40 heavy (non-hydrogen) atoms. The lowest BCUT2D eigenvalue weighted by atomic mass is 9.93. The highest BCUT2D eigenvalue weighted by Gasteiger charge is 2.29. The van der Waals surface area contributed by atoms with Crippen LogP contribution in [0, 0.1) is 5.41 Å². The number of H-pyrrole nitrogens is 1. The van der Waals surface area contributed by atoms with Gasteiger partial charge < -0.3 is 24.9 Å². The summed E-state index contributed by atoms with van der Waals surface area (Å²) < 4.78 is 7.69. The maximum atomic E-state index is 12.5. The van der Waals surface area contributed by atoms with Gasteiger partial charge in [-0.3, -0.25) is 5.41 Å². The molecule has 2 aromatic heterocycles. The fourth-order valence-electron chi connectivity index (χ4n) is 5.31. The van der Waals surface area contributed by atoms with Crippen LogP contribution in [-0.4, -0.2) is 56.4 Å². The van der Waals surface area contributed by atoms with Crippen molar-refractivity contribution in [2.45, 2.75) is 51.6 Å². The molecule has 0 atom stereocenters. The first-order valence-corrected chi connectivity index (χ1v) is 13.7. The summed E-state index contributed by atoms with van der Waals surface area (Å²) in [4.78, 5) is 26.8. The Morgan fingerprint density at radius 2 is 1.90 bits per heavy atom. The number of aryl methyl sites for hydroxylation is 1. The zero-order valence-electron chi connectivity index (χ0n) is 23.6. The zero-order chi connectivity index (χ0) is 28.4. The number of likely N-dealkylation sites (tertiary alicyclic amines) is 1. The minimum Gasteiger partial charge on any atom is -0.444 e. The van der Waals surface area contributed by atoms with Crippen LogP contribution >= 0.6 is 0 Å². The Hall–Kier alpha value is -4.40. The molecule has 0 radical (unpaired) electrons. The van der Waals surface area contributed by atoms with E-state index in [1.165, 1.54) is 5.56 Å². The molecule has 0 unspecified atom stereocenters. The largest absolute Gasteiger partial charge is 0.444 e. The van der Waals surface area contributed by atoms with Gasteiger partial charge >= 0.3 is 6.09 Å². The van der Waals surface area contributed by atoms with Gasteiger partial charge in [0.15, 0.2) is 0 Å². The number of hydrogen-bond donors (Lipinski definition) is 3. The number of rotatable bonds is 6. The van der Waals surface area contributed by atoms with Crippen molar-refractivity contribution >= 4 is 29.3 Å². The van der Waals surface area contributed by atoms with Crippen molar-refractivity contribution in [3.8, 4) is 11.1 Å². The summed E-state index contributed by atoms with van der Waals surface area (Å²) >= 11 is 0. The third kappa shape index (κ3) is 5.78. The number of benzene rings is 2. The number of imidazole rings is 1. The average molecular weight is 540 g/mol. The number of nitrogens with zero attached hydrogens (tertiary/aromatic N) is 4. The number of aromatic nitrogens is 3. The summed E-state index contributed by atoms with van der Waals surface area (Å²) in [6, 6.07) is 18.7. The van der Waals surface area contributed by atoms with Gasteiger partial charge in [0.05, 0.1) is 16.7 Å². The second kappa shape index (κ2) is 11.0. The first-order chi connectivity index (χ1) is 19.1. The first-order valence-electron chi connectivity index (χ1n) is 13.7. The van der Waals surface area contributed by atoms with Crippen molar-refractivity contribution in [2.75, 3.05) is 13.1 Å². The number of carbonyl (C=O) groups excluding carboxylic acids is 1. The monoisotopic (exact) mass is 539 g/mol. The molecule has 9 heteroatoms. The Balaban J connectivity index is 1.43. The van der Waals surface area contributed by atoms with Crippen molar-refractivity contribution < 1.29 is 9.53 Å². The number of aliphatic imine (C=N–C) groups is 1. The van der Waals surface area contributed by atoms with Crippen molar-refractivity contribution in [1.82, 2.24) is 19.4 Å². The summed E-state index contributed by atoms with van der Waals surface area (Å²) in [5.41, 5.74) is 12.6.